The lowest BCUT2D eigenvalue weighted by molar-refractivity contribution is -0.141. The Labute approximate surface area is 186 Å². The predicted octanol–water partition coefficient (Wildman–Crippen LogP) is 5.30. The number of likely N-dealkylation sites (tertiary alicyclic amines) is 1. The highest BCUT2D eigenvalue weighted by molar-refractivity contribution is 6.46. The number of Topliss-reactive ketones (excluding diaryl/α,β-unsaturated/α-hetero) is 1. The Balaban J connectivity index is 1.73. The van der Waals surface area contributed by atoms with E-state index in [4.69, 9.17) is 0 Å². The summed E-state index contributed by atoms with van der Waals surface area (Å²) < 4.78 is 0. The highest BCUT2D eigenvalue weighted by Crippen LogP contribution is 2.44. The maximum atomic E-state index is 13.3. The van der Waals surface area contributed by atoms with E-state index in [1.807, 2.05) is 36.4 Å². The molecule has 1 heterocycles. The van der Waals surface area contributed by atoms with Gasteiger partial charge in [-0.1, -0.05) is 73.9 Å². The Morgan fingerprint density at radius 2 is 1.59 bits per heavy atom. The van der Waals surface area contributed by atoms with E-state index >= 15 is 0 Å². The van der Waals surface area contributed by atoms with Crippen molar-refractivity contribution >= 4 is 28.2 Å². The number of aromatic hydroxyl groups is 1. The van der Waals surface area contributed by atoms with Crippen molar-refractivity contribution in [1.82, 2.24) is 4.90 Å². The number of hydrogen-bond acceptors (Lipinski definition) is 4. The van der Waals surface area contributed by atoms with Crippen molar-refractivity contribution in [1.29, 1.82) is 0 Å². The first-order valence-corrected chi connectivity index (χ1v) is 11.1. The van der Waals surface area contributed by atoms with Gasteiger partial charge in [0, 0.05) is 11.6 Å². The van der Waals surface area contributed by atoms with Crippen LogP contribution in [-0.2, 0) is 9.59 Å². The number of benzene rings is 3. The molecule has 3 aromatic carbocycles. The number of phenols is 1. The van der Waals surface area contributed by atoms with Gasteiger partial charge in [-0.3, -0.25) is 9.59 Å². The fraction of sp³-hybridized carbons (Fsp3) is 0.259. The molecule has 0 radical (unpaired) electrons. The van der Waals surface area contributed by atoms with E-state index < -0.39 is 17.7 Å². The van der Waals surface area contributed by atoms with E-state index in [-0.39, 0.29) is 23.1 Å². The zero-order chi connectivity index (χ0) is 22.2. The maximum Gasteiger partial charge on any atom is 0.295 e. The van der Waals surface area contributed by atoms with Crippen molar-refractivity contribution in [2.75, 3.05) is 0 Å². The fourth-order valence-corrected chi connectivity index (χ4v) is 5.18. The molecule has 3 aromatic rings. The predicted molar refractivity (Wildman–Crippen MR) is 123 cm³/mol. The molecule has 1 aliphatic heterocycles. The van der Waals surface area contributed by atoms with Gasteiger partial charge in [0.1, 0.15) is 11.5 Å². The Morgan fingerprint density at radius 3 is 2.38 bits per heavy atom. The Kier molecular flexibility index (Phi) is 5.17. The zero-order valence-electron chi connectivity index (χ0n) is 17.7. The van der Waals surface area contributed by atoms with Gasteiger partial charge in [-0.05, 0) is 41.3 Å². The average Bonchev–Trinajstić information content (AvgIpc) is 3.09. The number of rotatable bonds is 3. The third kappa shape index (κ3) is 3.34. The topological polar surface area (TPSA) is 77.8 Å². The van der Waals surface area contributed by atoms with Gasteiger partial charge < -0.3 is 15.1 Å². The molecule has 1 saturated heterocycles. The lowest BCUT2D eigenvalue weighted by Gasteiger charge is -2.35. The molecular formula is C27H25NO4. The first kappa shape index (κ1) is 20.3. The molecule has 1 saturated carbocycles. The molecule has 5 rings (SSSR count). The molecule has 162 valence electrons. The highest BCUT2D eigenvalue weighted by atomic mass is 16.3. The van der Waals surface area contributed by atoms with Gasteiger partial charge in [-0.15, -0.1) is 0 Å². The highest BCUT2D eigenvalue weighted by Gasteiger charge is 2.49. The molecule has 0 bridgehead atoms. The number of carbonyl (C=O) groups is 2. The molecule has 5 heteroatoms. The summed E-state index contributed by atoms with van der Waals surface area (Å²) in [5, 5.41) is 23.3. The Hall–Kier alpha value is -3.60. The monoisotopic (exact) mass is 427 g/mol. The largest absolute Gasteiger partial charge is 0.508 e. The molecule has 0 aromatic heterocycles. The van der Waals surface area contributed by atoms with Crippen LogP contribution in [0.2, 0.25) is 0 Å². The van der Waals surface area contributed by atoms with E-state index in [1.54, 1.807) is 35.2 Å². The zero-order valence-corrected chi connectivity index (χ0v) is 17.7. The van der Waals surface area contributed by atoms with Gasteiger partial charge in [0.25, 0.3) is 11.7 Å². The van der Waals surface area contributed by atoms with E-state index in [9.17, 15) is 19.8 Å². The van der Waals surface area contributed by atoms with Crippen molar-refractivity contribution in [2.24, 2.45) is 0 Å². The van der Waals surface area contributed by atoms with Crippen LogP contribution in [0.5, 0.6) is 5.75 Å². The normalized spacial score (nSPS) is 21.4. The van der Waals surface area contributed by atoms with Crippen LogP contribution < -0.4 is 0 Å². The SMILES string of the molecule is O=C1C(=O)N(C2CCCCC2)C(c2cccc(O)c2)/C1=C(/O)c1cccc2ccccc12. The summed E-state index contributed by atoms with van der Waals surface area (Å²) in [6.07, 6.45) is 4.79. The van der Waals surface area contributed by atoms with Crippen LogP contribution >= 0.6 is 0 Å². The van der Waals surface area contributed by atoms with Crippen LogP contribution in [0, 0.1) is 0 Å². The minimum Gasteiger partial charge on any atom is -0.508 e. The first-order chi connectivity index (χ1) is 15.6. The number of nitrogens with zero attached hydrogens (tertiary/aromatic N) is 1. The lowest BCUT2D eigenvalue weighted by Crippen LogP contribution is -2.40. The summed E-state index contributed by atoms with van der Waals surface area (Å²) in [6, 6.07) is 19.0. The summed E-state index contributed by atoms with van der Waals surface area (Å²) >= 11 is 0. The van der Waals surface area contributed by atoms with Crippen LogP contribution in [0.15, 0.2) is 72.3 Å². The molecule has 2 fully saturated rings. The van der Waals surface area contributed by atoms with Crippen LogP contribution in [0.3, 0.4) is 0 Å². The van der Waals surface area contributed by atoms with Gasteiger partial charge in [0.05, 0.1) is 11.6 Å². The number of carbonyl (C=O) groups excluding carboxylic acids is 2. The number of amides is 1. The lowest BCUT2D eigenvalue weighted by atomic mass is 9.90. The van der Waals surface area contributed by atoms with Crippen molar-refractivity contribution < 1.29 is 19.8 Å². The third-order valence-electron chi connectivity index (χ3n) is 6.68. The molecule has 2 N–H and O–H groups in total. The van der Waals surface area contributed by atoms with Crippen molar-refractivity contribution in [3.8, 4) is 5.75 Å². The van der Waals surface area contributed by atoms with Gasteiger partial charge in [0.2, 0.25) is 0 Å². The van der Waals surface area contributed by atoms with Crippen LogP contribution in [0.4, 0.5) is 0 Å². The molecule has 2 aliphatic rings. The quantitative estimate of drug-likeness (QED) is 0.338. The number of phenolic OH excluding ortho intramolecular Hbond substituents is 1. The van der Waals surface area contributed by atoms with Crippen molar-refractivity contribution in [3.05, 3.63) is 83.4 Å². The van der Waals surface area contributed by atoms with Gasteiger partial charge in [-0.25, -0.2) is 0 Å². The molecule has 0 spiro atoms. The smallest absolute Gasteiger partial charge is 0.295 e. The summed E-state index contributed by atoms with van der Waals surface area (Å²) in [5.74, 6) is -1.37. The van der Waals surface area contributed by atoms with Crippen LogP contribution in [0.1, 0.15) is 49.3 Å². The molecule has 1 unspecified atom stereocenters. The summed E-state index contributed by atoms with van der Waals surface area (Å²) in [5.41, 5.74) is 1.23. The van der Waals surface area contributed by atoms with Crippen molar-refractivity contribution in [3.63, 3.8) is 0 Å². The number of ketones is 1. The number of aliphatic hydroxyl groups is 1. The second-order valence-electron chi connectivity index (χ2n) is 8.62. The standard InChI is InChI=1S/C27H25NO4/c29-20-13-6-10-18(16-20)24-23(26(31)27(32)28(24)19-11-2-1-3-12-19)25(30)22-15-7-9-17-8-4-5-14-21(17)22/h4-10,13-16,19,24,29-30H,1-3,11-12H2/b25-23-. The molecule has 1 aliphatic carbocycles. The van der Waals surface area contributed by atoms with Gasteiger partial charge >= 0.3 is 0 Å². The molecule has 32 heavy (non-hydrogen) atoms. The molecule has 1 atom stereocenters. The number of hydrogen-bond donors (Lipinski definition) is 2. The van der Waals surface area contributed by atoms with E-state index in [0.29, 0.717) is 11.1 Å². The second kappa shape index (κ2) is 8.15. The maximum absolute atomic E-state index is 13.3. The Bertz CT molecular complexity index is 1230. The van der Waals surface area contributed by atoms with Crippen LogP contribution in [-0.4, -0.2) is 32.8 Å². The third-order valence-corrected chi connectivity index (χ3v) is 6.68. The Morgan fingerprint density at radius 1 is 0.875 bits per heavy atom. The average molecular weight is 428 g/mol. The minimum atomic E-state index is -0.732. The van der Waals surface area contributed by atoms with E-state index in [0.717, 1.165) is 42.9 Å². The van der Waals surface area contributed by atoms with Gasteiger partial charge in [0.15, 0.2) is 0 Å². The molecule has 5 nitrogen and oxygen atoms in total. The minimum absolute atomic E-state index is 0.0573. The van der Waals surface area contributed by atoms with E-state index in [2.05, 4.69) is 0 Å². The summed E-state index contributed by atoms with van der Waals surface area (Å²) in [4.78, 5) is 28.2. The van der Waals surface area contributed by atoms with Crippen LogP contribution in [0.25, 0.3) is 16.5 Å². The first-order valence-electron chi connectivity index (χ1n) is 11.1. The molecular weight excluding hydrogens is 402 g/mol. The van der Waals surface area contributed by atoms with Gasteiger partial charge in [-0.2, -0.15) is 0 Å². The summed E-state index contributed by atoms with van der Waals surface area (Å²) in [6.45, 7) is 0. The fourth-order valence-electron chi connectivity index (χ4n) is 5.18. The van der Waals surface area contributed by atoms with Crippen molar-refractivity contribution in [2.45, 2.75) is 44.2 Å². The molecule has 1 amide bonds. The van der Waals surface area contributed by atoms with E-state index in [1.165, 1.54) is 0 Å². The number of aliphatic hydroxyl groups excluding tert-OH is 1. The second-order valence-corrected chi connectivity index (χ2v) is 8.62. The number of fused-ring (bicyclic) bond motifs is 1. The summed E-state index contributed by atoms with van der Waals surface area (Å²) in [7, 11) is 0.